The van der Waals surface area contributed by atoms with Gasteiger partial charge in [0.25, 0.3) is 5.91 Å². The highest BCUT2D eigenvalue weighted by atomic mass is 79.9. The zero-order chi connectivity index (χ0) is 21.6. The van der Waals surface area contributed by atoms with E-state index in [1.165, 1.54) is 9.87 Å². The quantitative estimate of drug-likeness (QED) is 0.588. The molecule has 6 nitrogen and oxygen atoms in total. The van der Waals surface area contributed by atoms with Gasteiger partial charge in [-0.1, -0.05) is 57.9 Å². The minimum absolute atomic E-state index is 0.0399. The fraction of sp³-hybridized carbons (Fsp3) is 0.381. The average molecular weight is 515 g/mol. The van der Waals surface area contributed by atoms with Crippen LogP contribution in [0, 0.1) is 0 Å². The first-order chi connectivity index (χ1) is 14.3. The molecule has 0 saturated carbocycles. The van der Waals surface area contributed by atoms with Crippen LogP contribution in [0.3, 0.4) is 0 Å². The molecule has 9 heteroatoms. The van der Waals surface area contributed by atoms with Crippen molar-refractivity contribution in [2.24, 2.45) is 0 Å². The number of carbonyl (C=O) groups excluding carboxylic acids is 1. The van der Waals surface area contributed by atoms with Gasteiger partial charge in [-0.15, -0.1) is 0 Å². The maximum absolute atomic E-state index is 12.6. The summed E-state index contributed by atoms with van der Waals surface area (Å²) in [6.07, 6.45) is 0.956. The number of benzene rings is 2. The van der Waals surface area contributed by atoms with Crippen molar-refractivity contribution in [3.8, 4) is 0 Å². The largest absolute Gasteiger partial charge is 0.351 e. The van der Waals surface area contributed by atoms with E-state index in [4.69, 9.17) is 11.6 Å². The van der Waals surface area contributed by atoms with E-state index in [1.54, 1.807) is 18.2 Å². The van der Waals surface area contributed by atoms with Gasteiger partial charge >= 0.3 is 0 Å². The standard InChI is InChI=1S/C21H25BrClN3O3S/c22-18-6-7-20(23)19(16-18)21(27)24-9-15-30(28,29)26-13-11-25(12-14-26)10-8-17-4-2-1-3-5-17/h1-7,16H,8-15H2,(H,24,27). The van der Waals surface area contributed by atoms with E-state index in [0.29, 0.717) is 36.8 Å². The van der Waals surface area contributed by atoms with Crippen molar-refractivity contribution in [1.82, 2.24) is 14.5 Å². The van der Waals surface area contributed by atoms with E-state index in [2.05, 4.69) is 38.3 Å². The lowest BCUT2D eigenvalue weighted by molar-refractivity contribution is 0.0956. The number of halogens is 2. The third-order valence-electron chi connectivity index (χ3n) is 5.10. The lowest BCUT2D eigenvalue weighted by atomic mass is 10.1. The molecule has 0 spiro atoms. The smallest absolute Gasteiger partial charge is 0.252 e. The number of nitrogens with one attached hydrogen (secondary N) is 1. The number of piperazine rings is 1. The fourth-order valence-corrected chi connectivity index (χ4v) is 5.25. The van der Waals surface area contributed by atoms with Crippen LogP contribution in [-0.2, 0) is 16.4 Å². The van der Waals surface area contributed by atoms with Crippen LogP contribution in [0.25, 0.3) is 0 Å². The summed E-state index contributed by atoms with van der Waals surface area (Å²) in [5, 5.41) is 2.97. The van der Waals surface area contributed by atoms with Crippen LogP contribution in [0.5, 0.6) is 0 Å². The molecular weight excluding hydrogens is 490 g/mol. The number of hydrogen-bond acceptors (Lipinski definition) is 4. The van der Waals surface area contributed by atoms with E-state index in [9.17, 15) is 13.2 Å². The summed E-state index contributed by atoms with van der Waals surface area (Å²) in [5.41, 5.74) is 1.60. The topological polar surface area (TPSA) is 69.7 Å². The number of hydrogen-bond donors (Lipinski definition) is 1. The summed E-state index contributed by atoms with van der Waals surface area (Å²) < 4.78 is 27.5. The monoisotopic (exact) mass is 513 g/mol. The van der Waals surface area contributed by atoms with Gasteiger partial charge in [-0.25, -0.2) is 8.42 Å². The number of amides is 1. The molecule has 1 fully saturated rings. The summed E-state index contributed by atoms with van der Waals surface area (Å²) in [7, 11) is -3.42. The highest BCUT2D eigenvalue weighted by Crippen LogP contribution is 2.20. The Labute approximate surface area is 191 Å². The van der Waals surface area contributed by atoms with Crippen LogP contribution < -0.4 is 5.32 Å². The van der Waals surface area contributed by atoms with E-state index in [1.807, 2.05) is 18.2 Å². The molecule has 1 aliphatic heterocycles. The Kier molecular flexibility index (Phi) is 8.30. The molecule has 1 saturated heterocycles. The highest BCUT2D eigenvalue weighted by molar-refractivity contribution is 9.10. The van der Waals surface area contributed by atoms with E-state index < -0.39 is 10.0 Å². The number of sulfonamides is 1. The van der Waals surface area contributed by atoms with Crippen molar-refractivity contribution in [3.05, 3.63) is 69.2 Å². The number of carbonyl (C=O) groups is 1. The van der Waals surface area contributed by atoms with Crippen LogP contribution >= 0.6 is 27.5 Å². The maximum Gasteiger partial charge on any atom is 0.252 e. The van der Waals surface area contributed by atoms with Gasteiger partial charge in [0.05, 0.1) is 16.3 Å². The van der Waals surface area contributed by atoms with Crippen LogP contribution in [0.4, 0.5) is 0 Å². The minimum atomic E-state index is -3.42. The summed E-state index contributed by atoms with van der Waals surface area (Å²) >= 11 is 9.35. The zero-order valence-corrected chi connectivity index (χ0v) is 19.7. The summed E-state index contributed by atoms with van der Waals surface area (Å²) in [5.74, 6) is -0.517. The Morgan fingerprint density at radius 1 is 1.07 bits per heavy atom. The van der Waals surface area contributed by atoms with Gasteiger partial charge in [-0.05, 0) is 30.2 Å². The minimum Gasteiger partial charge on any atom is -0.351 e. The van der Waals surface area contributed by atoms with E-state index >= 15 is 0 Å². The highest BCUT2D eigenvalue weighted by Gasteiger charge is 2.26. The molecule has 162 valence electrons. The molecule has 1 N–H and O–H groups in total. The second-order valence-electron chi connectivity index (χ2n) is 7.17. The number of rotatable bonds is 8. The third-order valence-corrected chi connectivity index (χ3v) is 7.80. The average Bonchev–Trinajstić information content (AvgIpc) is 2.75. The molecule has 1 aliphatic rings. The summed E-state index contributed by atoms with van der Waals surface area (Å²) in [4.78, 5) is 14.6. The molecule has 3 rings (SSSR count). The van der Waals surface area contributed by atoms with Gasteiger partial charge in [-0.3, -0.25) is 4.79 Å². The molecule has 2 aromatic carbocycles. The first-order valence-corrected chi connectivity index (χ1v) is 12.6. The van der Waals surface area contributed by atoms with Gasteiger partial charge in [0.1, 0.15) is 0 Å². The molecule has 0 aliphatic carbocycles. The van der Waals surface area contributed by atoms with Gasteiger partial charge in [0.15, 0.2) is 0 Å². The molecule has 0 atom stereocenters. The molecule has 0 aromatic heterocycles. The fourth-order valence-electron chi connectivity index (χ4n) is 3.35. The van der Waals surface area contributed by atoms with Gasteiger partial charge in [0.2, 0.25) is 10.0 Å². The van der Waals surface area contributed by atoms with Crippen molar-refractivity contribution in [2.45, 2.75) is 6.42 Å². The Balaban J connectivity index is 1.43. The van der Waals surface area contributed by atoms with Crippen LogP contribution in [0.2, 0.25) is 5.02 Å². The molecule has 30 heavy (non-hydrogen) atoms. The summed E-state index contributed by atoms with van der Waals surface area (Å²) in [6, 6.07) is 15.3. The zero-order valence-electron chi connectivity index (χ0n) is 16.6. The molecule has 1 amide bonds. The Bertz CT molecular complexity index is 965. The van der Waals surface area contributed by atoms with Crippen molar-refractivity contribution < 1.29 is 13.2 Å². The van der Waals surface area contributed by atoms with Crippen molar-refractivity contribution in [1.29, 1.82) is 0 Å². The molecular formula is C21H25BrClN3O3S. The second-order valence-corrected chi connectivity index (χ2v) is 10.6. The molecule has 0 unspecified atom stereocenters. The first kappa shape index (κ1) is 23.2. The molecule has 0 bridgehead atoms. The third kappa shape index (κ3) is 6.52. The van der Waals surface area contributed by atoms with E-state index in [0.717, 1.165) is 17.4 Å². The van der Waals surface area contributed by atoms with Crippen molar-refractivity contribution in [2.75, 3.05) is 45.0 Å². The number of nitrogens with zero attached hydrogens (tertiary/aromatic N) is 2. The predicted molar refractivity (Wildman–Crippen MR) is 123 cm³/mol. The van der Waals surface area contributed by atoms with Gasteiger partial charge < -0.3 is 10.2 Å². The van der Waals surface area contributed by atoms with Crippen LogP contribution in [0.15, 0.2) is 53.0 Å². The molecule has 0 radical (unpaired) electrons. The van der Waals surface area contributed by atoms with Gasteiger partial charge in [0, 0.05) is 43.7 Å². The Morgan fingerprint density at radius 3 is 2.47 bits per heavy atom. The van der Waals surface area contributed by atoms with Crippen molar-refractivity contribution in [3.63, 3.8) is 0 Å². The lowest BCUT2D eigenvalue weighted by Crippen LogP contribution is -2.50. The first-order valence-electron chi connectivity index (χ1n) is 9.82. The molecule has 1 heterocycles. The van der Waals surface area contributed by atoms with E-state index in [-0.39, 0.29) is 18.2 Å². The normalized spacial score (nSPS) is 15.8. The summed E-state index contributed by atoms with van der Waals surface area (Å²) in [6.45, 7) is 3.34. The second kappa shape index (κ2) is 10.7. The molecule has 2 aromatic rings. The Morgan fingerprint density at radius 2 is 1.77 bits per heavy atom. The SMILES string of the molecule is O=C(NCCS(=O)(=O)N1CCN(CCc2ccccc2)CC1)c1cc(Br)ccc1Cl. The lowest BCUT2D eigenvalue weighted by Gasteiger charge is -2.34. The predicted octanol–water partition coefficient (Wildman–Crippen LogP) is 3.02. The van der Waals surface area contributed by atoms with Gasteiger partial charge in [-0.2, -0.15) is 4.31 Å². The van der Waals surface area contributed by atoms with Crippen LogP contribution in [-0.4, -0.2) is 68.6 Å². The Hall–Kier alpha value is -1.45. The van der Waals surface area contributed by atoms with Crippen LogP contribution in [0.1, 0.15) is 15.9 Å². The maximum atomic E-state index is 12.6. The van der Waals surface area contributed by atoms with Crippen molar-refractivity contribution >= 4 is 43.5 Å².